The van der Waals surface area contributed by atoms with E-state index in [1.165, 1.54) is 30.2 Å². The second kappa shape index (κ2) is 13.7. The number of hydrazone groups is 1. The number of aliphatic carboxylic acids is 2. The highest BCUT2D eigenvalue weighted by Crippen LogP contribution is 2.52. The molecule has 0 unspecified atom stereocenters. The molecule has 47 heavy (non-hydrogen) atoms. The van der Waals surface area contributed by atoms with E-state index in [0.717, 1.165) is 40.9 Å². The average molecular weight is 731 g/mol. The Labute approximate surface area is 282 Å². The van der Waals surface area contributed by atoms with E-state index in [9.17, 15) is 44.4 Å². The Balaban J connectivity index is 1.40. The number of nitrogen functional groups attached to an aromatic ring is 1. The van der Waals surface area contributed by atoms with Gasteiger partial charge >= 0.3 is 11.9 Å². The third kappa shape index (κ3) is 7.11. The number of phenolic OH excluding ortho intramolecular Hbond substituents is 2. The van der Waals surface area contributed by atoms with Crippen molar-refractivity contribution in [2.24, 2.45) is 16.1 Å². The number of rotatable bonds is 13. The quantitative estimate of drug-likeness (QED) is 0.0330. The number of hydrogen-bond acceptors (Lipinski definition) is 16. The Morgan fingerprint density at radius 2 is 1.94 bits per heavy atom. The maximum Gasteiger partial charge on any atom is 0.350 e. The average Bonchev–Trinajstić information content (AvgIpc) is 3.60. The molecule has 3 heterocycles. The van der Waals surface area contributed by atoms with E-state index in [0.29, 0.717) is 0 Å². The number of nitrogens with one attached hydrogen (secondary N) is 2. The number of aromatic nitrogens is 1. The van der Waals surface area contributed by atoms with E-state index in [2.05, 4.69) is 25.9 Å². The summed E-state index contributed by atoms with van der Waals surface area (Å²) in [6.07, 6.45) is 0. The van der Waals surface area contributed by atoms with Crippen LogP contribution in [0.5, 0.6) is 11.5 Å². The minimum atomic E-state index is -1.81. The summed E-state index contributed by atoms with van der Waals surface area (Å²) in [5.41, 5.74) is 2.98. The van der Waals surface area contributed by atoms with Crippen LogP contribution in [0.15, 0.2) is 27.8 Å². The topological polar surface area (TPSA) is 292 Å². The standard InChI is InChI=1S/C25H27ClN8O10S3/c1-24(2,21(40)41)44-33-14(10-7-45-23(27)30-10)18(38)31-15-19(39)34-8-25(22(42)43,47-20(15)34)46-6-5-29-17(37)13(32-28)9-3-4-11(35)16(36)12(9)26/h3-4,7,15,20,35-36H,5-6,8,28H2,1-2H3,(H2,27,30)(H,29,37)(H,31,38)(H,40,41)(H,42,43)/b32-13-,33-14-/t15-,20-,25-/m1/s1. The Morgan fingerprint density at radius 3 is 2.53 bits per heavy atom. The number of oxime groups is 1. The van der Waals surface area contributed by atoms with Crippen LogP contribution < -0.4 is 22.2 Å². The number of anilines is 1. The molecule has 2 aliphatic heterocycles. The number of aromatic hydroxyl groups is 2. The number of phenols is 2. The van der Waals surface area contributed by atoms with Gasteiger partial charge in [-0.25, -0.2) is 14.6 Å². The molecule has 18 nitrogen and oxygen atoms in total. The number of halogens is 1. The van der Waals surface area contributed by atoms with E-state index in [4.69, 9.17) is 28.0 Å². The Hall–Kier alpha value is -4.47. The molecule has 0 aliphatic carbocycles. The summed E-state index contributed by atoms with van der Waals surface area (Å²) in [6.45, 7) is 2.14. The molecule has 0 saturated carbocycles. The summed E-state index contributed by atoms with van der Waals surface area (Å²) in [6, 6.07) is 1.17. The van der Waals surface area contributed by atoms with Gasteiger partial charge in [0.2, 0.25) is 11.5 Å². The molecular formula is C25H27ClN8O10S3. The number of thiazole rings is 1. The second-order valence-electron chi connectivity index (χ2n) is 10.3. The van der Waals surface area contributed by atoms with Crippen LogP contribution in [0.25, 0.3) is 0 Å². The molecule has 2 aromatic rings. The zero-order chi connectivity index (χ0) is 34.8. The predicted octanol–water partition coefficient (Wildman–Crippen LogP) is -0.233. The summed E-state index contributed by atoms with van der Waals surface area (Å²) >= 11 is 8.85. The molecule has 3 amide bonds. The molecule has 2 saturated heterocycles. The first-order valence-corrected chi connectivity index (χ1v) is 16.3. The predicted molar refractivity (Wildman–Crippen MR) is 172 cm³/mol. The van der Waals surface area contributed by atoms with E-state index in [-0.39, 0.29) is 46.0 Å². The zero-order valence-corrected chi connectivity index (χ0v) is 27.5. The maximum absolute atomic E-state index is 13.2. The minimum Gasteiger partial charge on any atom is -0.504 e. The lowest BCUT2D eigenvalue weighted by Crippen LogP contribution is -2.68. The third-order valence-electron chi connectivity index (χ3n) is 6.72. The van der Waals surface area contributed by atoms with Gasteiger partial charge < -0.3 is 52.4 Å². The van der Waals surface area contributed by atoms with Crippen LogP contribution in [0, 0.1) is 0 Å². The van der Waals surface area contributed by atoms with Crippen molar-refractivity contribution in [2.75, 3.05) is 24.6 Å². The summed E-state index contributed by atoms with van der Waals surface area (Å²) in [4.78, 5) is 73.2. The van der Waals surface area contributed by atoms with Gasteiger partial charge in [0.1, 0.15) is 17.1 Å². The first-order chi connectivity index (χ1) is 22.0. The molecule has 4 rings (SSSR count). The molecular weight excluding hydrogens is 704 g/mol. The monoisotopic (exact) mass is 730 g/mol. The summed E-state index contributed by atoms with van der Waals surface area (Å²) in [7, 11) is 0. The molecule has 0 radical (unpaired) electrons. The molecule has 1 aromatic carbocycles. The molecule has 1 aromatic heterocycles. The number of thioether (sulfide) groups is 2. The number of carbonyl (C=O) groups is 5. The summed E-state index contributed by atoms with van der Waals surface area (Å²) in [5.74, 6) is -0.667. The lowest BCUT2D eigenvalue weighted by molar-refractivity contribution is -0.161. The normalized spacial score (nSPS) is 21.1. The van der Waals surface area contributed by atoms with Gasteiger partial charge in [0.25, 0.3) is 11.8 Å². The third-order valence-corrected chi connectivity index (χ3v) is 11.0. The van der Waals surface area contributed by atoms with Crippen LogP contribution in [0.2, 0.25) is 5.02 Å². The van der Waals surface area contributed by atoms with Crippen LogP contribution in [-0.4, -0.2) is 111 Å². The zero-order valence-electron chi connectivity index (χ0n) is 24.3. The molecule has 252 valence electrons. The van der Waals surface area contributed by atoms with Crippen LogP contribution in [0.1, 0.15) is 25.1 Å². The fourth-order valence-corrected chi connectivity index (χ4v) is 7.97. The van der Waals surface area contributed by atoms with Crippen molar-refractivity contribution in [1.82, 2.24) is 20.5 Å². The van der Waals surface area contributed by atoms with E-state index >= 15 is 0 Å². The molecule has 22 heteroatoms. The number of nitrogens with zero attached hydrogens (tertiary/aromatic N) is 4. The van der Waals surface area contributed by atoms with Crippen molar-refractivity contribution in [1.29, 1.82) is 0 Å². The smallest absolute Gasteiger partial charge is 0.350 e. The SMILES string of the molecule is CC(C)(O/N=C(\C(=O)N[C@@H]1C(=O)N2C[C@](SCCNC(=O)/C(=N\N)c3ccc(O)c(O)c3Cl)(C(=O)O)S[C@H]12)c1csc(N)n1)C(=O)O. The highest BCUT2D eigenvalue weighted by Gasteiger charge is 2.62. The number of carboxylic acid groups (broad SMARTS) is 2. The van der Waals surface area contributed by atoms with E-state index in [1.54, 1.807) is 0 Å². The van der Waals surface area contributed by atoms with Crippen LogP contribution in [-0.2, 0) is 28.8 Å². The number of carbonyl (C=O) groups excluding carboxylic acids is 3. The molecule has 10 N–H and O–H groups in total. The van der Waals surface area contributed by atoms with Crippen molar-refractivity contribution in [3.63, 3.8) is 0 Å². The fourth-order valence-electron chi connectivity index (χ4n) is 4.13. The van der Waals surface area contributed by atoms with Gasteiger partial charge in [-0.3, -0.25) is 14.4 Å². The number of nitrogens with two attached hydrogens (primary N) is 2. The van der Waals surface area contributed by atoms with Crippen molar-refractivity contribution in [3.05, 3.63) is 33.8 Å². The fraction of sp³-hybridized carbons (Fsp3) is 0.360. The maximum atomic E-state index is 13.2. The van der Waals surface area contributed by atoms with Gasteiger partial charge in [-0.05, 0) is 26.0 Å². The molecule has 2 fully saturated rings. The Kier molecular flexibility index (Phi) is 10.3. The van der Waals surface area contributed by atoms with Gasteiger partial charge in [-0.1, -0.05) is 16.8 Å². The lowest BCUT2D eigenvalue weighted by atomic mass is 10.1. The van der Waals surface area contributed by atoms with Gasteiger partial charge in [-0.15, -0.1) is 34.9 Å². The van der Waals surface area contributed by atoms with Crippen LogP contribution in [0.3, 0.4) is 0 Å². The highest BCUT2D eigenvalue weighted by atomic mass is 35.5. The van der Waals surface area contributed by atoms with Crippen LogP contribution in [0.4, 0.5) is 5.13 Å². The number of amides is 3. The van der Waals surface area contributed by atoms with E-state index < -0.39 is 68.0 Å². The van der Waals surface area contributed by atoms with Crippen molar-refractivity contribution in [2.45, 2.75) is 34.9 Å². The number of benzene rings is 1. The second-order valence-corrected chi connectivity index (χ2v) is 14.6. The first kappa shape index (κ1) is 35.4. The molecule has 2 aliphatic rings. The number of carboxylic acids is 2. The number of fused-ring (bicyclic) bond motifs is 1. The van der Waals surface area contributed by atoms with E-state index in [1.807, 2.05) is 0 Å². The van der Waals surface area contributed by atoms with Crippen LogP contribution >= 0.6 is 46.5 Å². The van der Waals surface area contributed by atoms with Gasteiger partial charge in [0, 0.05) is 23.2 Å². The molecule has 3 atom stereocenters. The van der Waals surface area contributed by atoms with Crippen molar-refractivity contribution in [3.8, 4) is 11.5 Å². The largest absolute Gasteiger partial charge is 0.504 e. The number of β-lactam (4-membered cyclic amide) rings is 1. The summed E-state index contributed by atoms with van der Waals surface area (Å²) in [5, 5.41) is 51.4. The first-order valence-electron chi connectivity index (χ1n) is 13.2. The molecule has 0 bridgehead atoms. The van der Waals surface area contributed by atoms with Gasteiger partial charge in [0.05, 0.1) is 11.6 Å². The van der Waals surface area contributed by atoms with Gasteiger partial charge in [0.15, 0.2) is 32.1 Å². The highest BCUT2D eigenvalue weighted by molar-refractivity contribution is 8.20. The summed E-state index contributed by atoms with van der Waals surface area (Å²) < 4.78 is -1.56. The number of hydrogen-bond donors (Lipinski definition) is 8. The molecule has 0 spiro atoms. The minimum absolute atomic E-state index is 0.0290. The Morgan fingerprint density at radius 1 is 1.23 bits per heavy atom. The lowest BCUT2D eigenvalue weighted by Gasteiger charge is -2.41. The van der Waals surface area contributed by atoms with Crippen molar-refractivity contribution < 1.29 is 49.2 Å². The van der Waals surface area contributed by atoms with Crippen molar-refractivity contribution >= 4 is 92.7 Å². The Bertz CT molecular complexity index is 1700. The van der Waals surface area contributed by atoms with Gasteiger partial charge in [-0.2, -0.15) is 5.10 Å².